The van der Waals surface area contributed by atoms with Crippen LogP contribution in [-0.4, -0.2) is 60.8 Å². The average Bonchev–Trinajstić information content (AvgIpc) is 3.39. The second-order valence-electron chi connectivity index (χ2n) is 10.7. The molecular formula is C27H25F8NO6S. The van der Waals surface area contributed by atoms with Crippen molar-refractivity contribution in [3.63, 3.8) is 0 Å². The Morgan fingerprint density at radius 1 is 0.860 bits per heavy atom. The van der Waals surface area contributed by atoms with Gasteiger partial charge in [-0.3, -0.25) is 9.59 Å². The van der Waals surface area contributed by atoms with E-state index in [4.69, 9.17) is 0 Å². The highest BCUT2D eigenvalue weighted by molar-refractivity contribution is 7.92. The largest absolute Gasteiger partial charge is 0.481 e. The second-order valence-corrected chi connectivity index (χ2v) is 13.0. The highest BCUT2D eigenvalue weighted by atomic mass is 32.2. The van der Waals surface area contributed by atoms with Crippen molar-refractivity contribution in [2.24, 2.45) is 11.8 Å². The number of aliphatic carboxylic acids is 1. The SMILES string of the molecule is O=C(O)[C@H]1CC[C@H](C(=O)N2CC[C@](c3ccc(C(O)(C(F)(F)F)C(F)(F)F)c(F)c3)(S(=O)(=O)c3ccc(F)cc3)C2)CC1. The molecule has 2 aromatic rings. The number of aliphatic hydroxyl groups is 1. The Labute approximate surface area is 240 Å². The number of halogens is 8. The summed E-state index contributed by atoms with van der Waals surface area (Å²) < 4.78 is 135. The zero-order chi connectivity index (χ0) is 32.2. The lowest BCUT2D eigenvalue weighted by atomic mass is 9.81. The average molecular weight is 644 g/mol. The van der Waals surface area contributed by atoms with Gasteiger partial charge in [0.25, 0.3) is 5.60 Å². The van der Waals surface area contributed by atoms with Gasteiger partial charge < -0.3 is 15.1 Å². The van der Waals surface area contributed by atoms with E-state index in [1.165, 1.54) is 0 Å². The Hall–Kier alpha value is -3.27. The molecule has 7 nitrogen and oxygen atoms in total. The topological polar surface area (TPSA) is 112 Å². The Kier molecular flexibility index (Phi) is 8.37. The first-order chi connectivity index (χ1) is 19.8. The summed E-state index contributed by atoms with van der Waals surface area (Å²) in [6, 6.07) is 4.04. The number of nitrogens with zero attached hydrogens (tertiary/aromatic N) is 1. The van der Waals surface area contributed by atoms with Gasteiger partial charge in [-0.05, 0) is 68.0 Å². The number of sulfone groups is 1. The first-order valence-corrected chi connectivity index (χ1v) is 14.4. The summed E-state index contributed by atoms with van der Waals surface area (Å²) in [6.45, 7) is -0.928. The minimum absolute atomic E-state index is 0.00519. The maximum atomic E-state index is 15.2. The molecule has 236 valence electrons. The monoisotopic (exact) mass is 643 g/mol. The number of rotatable bonds is 6. The van der Waals surface area contributed by atoms with E-state index in [-0.39, 0.29) is 44.4 Å². The van der Waals surface area contributed by atoms with Crippen molar-refractivity contribution < 1.29 is 63.3 Å². The van der Waals surface area contributed by atoms with Gasteiger partial charge in [-0.25, -0.2) is 17.2 Å². The fourth-order valence-electron chi connectivity index (χ4n) is 5.82. The Balaban J connectivity index is 1.79. The van der Waals surface area contributed by atoms with Gasteiger partial charge in [-0.1, -0.05) is 12.1 Å². The van der Waals surface area contributed by atoms with Gasteiger partial charge in [0.05, 0.1) is 10.8 Å². The van der Waals surface area contributed by atoms with Crippen LogP contribution < -0.4 is 0 Å². The molecule has 2 N–H and O–H groups in total. The second kappa shape index (κ2) is 11.0. The van der Waals surface area contributed by atoms with Crippen molar-refractivity contribution in [1.29, 1.82) is 0 Å². The quantitative estimate of drug-likeness (QED) is 0.336. The lowest BCUT2D eigenvalue weighted by Gasteiger charge is -2.34. The molecular weight excluding hydrogens is 618 g/mol. The first kappa shape index (κ1) is 32.6. The minimum Gasteiger partial charge on any atom is -0.481 e. The number of benzene rings is 2. The van der Waals surface area contributed by atoms with Gasteiger partial charge in [-0.2, -0.15) is 26.3 Å². The fourth-order valence-corrected chi connectivity index (χ4v) is 7.89. The summed E-state index contributed by atoms with van der Waals surface area (Å²) in [5.41, 5.74) is -8.40. The number of carbonyl (C=O) groups excluding carboxylic acids is 1. The summed E-state index contributed by atoms with van der Waals surface area (Å²) in [4.78, 5) is 25.2. The van der Waals surface area contributed by atoms with Crippen molar-refractivity contribution in [3.05, 3.63) is 65.2 Å². The van der Waals surface area contributed by atoms with Crippen molar-refractivity contribution in [3.8, 4) is 0 Å². The summed E-state index contributed by atoms with van der Waals surface area (Å²) in [7, 11) is -4.72. The molecule has 0 aromatic heterocycles. The van der Waals surface area contributed by atoms with Crippen molar-refractivity contribution in [2.75, 3.05) is 13.1 Å². The lowest BCUT2D eigenvalue weighted by Crippen LogP contribution is -2.54. The molecule has 1 aliphatic carbocycles. The first-order valence-electron chi connectivity index (χ1n) is 12.9. The zero-order valence-electron chi connectivity index (χ0n) is 22.1. The Bertz CT molecular complexity index is 1490. The molecule has 0 spiro atoms. The lowest BCUT2D eigenvalue weighted by molar-refractivity contribution is -0.377. The van der Waals surface area contributed by atoms with Crippen LogP contribution in [0.2, 0.25) is 0 Å². The van der Waals surface area contributed by atoms with E-state index in [0.29, 0.717) is 6.07 Å². The van der Waals surface area contributed by atoms with Crippen LogP contribution in [0.25, 0.3) is 0 Å². The predicted molar refractivity (Wildman–Crippen MR) is 132 cm³/mol. The Morgan fingerprint density at radius 2 is 1.40 bits per heavy atom. The molecule has 16 heteroatoms. The van der Waals surface area contributed by atoms with Crippen molar-refractivity contribution in [1.82, 2.24) is 4.90 Å². The van der Waals surface area contributed by atoms with E-state index >= 15 is 4.39 Å². The maximum Gasteiger partial charge on any atom is 0.430 e. The molecule has 0 unspecified atom stereocenters. The summed E-state index contributed by atoms with van der Waals surface area (Å²) in [5.74, 6) is -5.91. The highest BCUT2D eigenvalue weighted by Crippen LogP contribution is 2.52. The molecule has 4 rings (SSSR count). The number of hydrogen-bond acceptors (Lipinski definition) is 5. The Morgan fingerprint density at radius 3 is 1.88 bits per heavy atom. The minimum atomic E-state index is -6.40. The van der Waals surface area contributed by atoms with Crippen LogP contribution in [0, 0.1) is 23.5 Å². The van der Waals surface area contributed by atoms with E-state index in [0.717, 1.165) is 29.2 Å². The molecule has 1 atom stereocenters. The van der Waals surface area contributed by atoms with Gasteiger partial charge in [-0.15, -0.1) is 0 Å². The number of alkyl halides is 6. The number of hydrogen-bond donors (Lipinski definition) is 2. The van der Waals surface area contributed by atoms with Gasteiger partial charge in [0.15, 0.2) is 9.84 Å². The van der Waals surface area contributed by atoms with Crippen LogP contribution >= 0.6 is 0 Å². The molecule has 1 saturated heterocycles. The third-order valence-corrected chi connectivity index (χ3v) is 10.8. The van der Waals surface area contributed by atoms with Gasteiger partial charge in [0.1, 0.15) is 16.4 Å². The third kappa shape index (κ3) is 5.47. The van der Waals surface area contributed by atoms with Crippen LogP contribution in [0.3, 0.4) is 0 Å². The normalized spacial score (nSPS) is 23.8. The standard InChI is InChI=1S/C27H25F8NO6S/c28-18-6-8-19(9-7-18)43(41,42)24(11-12-36(14-24)22(37)15-1-3-16(4-2-15)23(38)39)17-5-10-20(21(29)13-17)25(40,26(30,31)32)27(33,34)35/h5-10,13,15-16,40H,1-4,11-12,14H2,(H,38,39)/t15-,16-,24-/m0/s1. The smallest absolute Gasteiger partial charge is 0.430 e. The molecule has 43 heavy (non-hydrogen) atoms. The summed E-state index contributed by atoms with van der Waals surface area (Å²) >= 11 is 0. The van der Waals surface area contributed by atoms with E-state index in [1.807, 2.05) is 0 Å². The van der Waals surface area contributed by atoms with Crippen LogP contribution in [0.5, 0.6) is 0 Å². The molecule has 2 aromatic carbocycles. The van der Waals surface area contributed by atoms with Gasteiger partial charge in [0, 0.05) is 24.6 Å². The molecule has 0 radical (unpaired) electrons. The summed E-state index contributed by atoms with van der Waals surface area (Å²) in [6.07, 6.45) is -12.5. The van der Waals surface area contributed by atoms with Crippen molar-refractivity contribution in [2.45, 2.75) is 59.7 Å². The molecule has 1 aliphatic heterocycles. The summed E-state index contributed by atoms with van der Waals surface area (Å²) in [5, 5.41) is 18.9. The number of amides is 1. The van der Waals surface area contributed by atoms with Crippen LogP contribution in [0.15, 0.2) is 47.4 Å². The molecule has 2 fully saturated rings. The third-order valence-electron chi connectivity index (χ3n) is 8.31. The predicted octanol–water partition coefficient (Wildman–Crippen LogP) is 5.07. The molecule has 0 bridgehead atoms. The molecule has 1 saturated carbocycles. The number of carboxylic acids is 1. The molecule has 2 aliphatic rings. The number of carbonyl (C=O) groups is 2. The van der Waals surface area contributed by atoms with Crippen LogP contribution in [0.1, 0.15) is 43.2 Å². The van der Waals surface area contributed by atoms with Crippen LogP contribution in [0.4, 0.5) is 35.1 Å². The van der Waals surface area contributed by atoms with E-state index in [9.17, 15) is 59.0 Å². The molecule has 1 amide bonds. The van der Waals surface area contributed by atoms with Gasteiger partial charge in [0.2, 0.25) is 5.91 Å². The zero-order valence-corrected chi connectivity index (χ0v) is 22.9. The van der Waals surface area contributed by atoms with E-state index in [2.05, 4.69) is 0 Å². The maximum absolute atomic E-state index is 15.2. The number of likely N-dealkylation sites (tertiary alicyclic amines) is 1. The van der Waals surface area contributed by atoms with Crippen LogP contribution in [-0.2, 0) is 29.8 Å². The van der Waals surface area contributed by atoms with Crippen molar-refractivity contribution >= 4 is 21.7 Å². The fraction of sp³-hybridized carbons (Fsp3) is 0.481. The molecule has 1 heterocycles. The van der Waals surface area contributed by atoms with E-state index < -0.39 is 96.9 Å². The van der Waals surface area contributed by atoms with E-state index in [1.54, 1.807) is 0 Å². The number of carboxylic acid groups (broad SMARTS) is 1. The van der Waals surface area contributed by atoms with Gasteiger partial charge >= 0.3 is 18.3 Å². The highest BCUT2D eigenvalue weighted by Gasteiger charge is 2.72.